The lowest BCUT2D eigenvalue weighted by Gasteiger charge is -2.47. The first-order valence-electron chi connectivity index (χ1n) is 10.8. The van der Waals surface area contributed by atoms with E-state index in [1.807, 2.05) is 84.9 Å². The van der Waals surface area contributed by atoms with Crippen molar-refractivity contribution >= 4 is 17.9 Å². The number of fused-ring (bicyclic) bond motifs is 2. The fourth-order valence-corrected chi connectivity index (χ4v) is 5.66. The van der Waals surface area contributed by atoms with Crippen LogP contribution in [0.3, 0.4) is 0 Å². The summed E-state index contributed by atoms with van der Waals surface area (Å²) in [4.78, 5) is 28.2. The average molecular weight is 412 g/mol. The number of amides is 1. The third-order valence-electron chi connectivity index (χ3n) is 6.97. The van der Waals surface area contributed by atoms with Crippen LogP contribution in [0.4, 0.5) is 5.69 Å². The molecular formula is C27H25NO3. The van der Waals surface area contributed by atoms with E-state index in [0.717, 1.165) is 28.7 Å². The van der Waals surface area contributed by atoms with Gasteiger partial charge in [-0.25, -0.2) is 0 Å². The molecule has 3 aromatic carbocycles. The van der Waals surface area contributed by atoms with Gasteiger partial charge in [0.2, 0.25) is 5.91 Å². The molecule has 0 aromatic heterocycles. The van der Waals surface area contributed by atoms with Gasteiger partial charge in [0, 0.05) is 17.5 Å². The monoisotopic (exact) mass is 411 g/mol. The molecule has 4 heteroatoms. The van der Waals surface area contributed by atoms with Crippen LogP contribution in [0.1, 0.15) is 35.4 Å². The lowest BCUT2D eigenvalue weighted by Crippen LogP contribution is -2.57. The highest BCUT2D eigenvalue weighted by Gasteiger charge is 2.63. The van der Waals surface area contributed by atoms with E-state index in [1.54, 1.807) is 4.90 Å². The number of aldehydes is 1. The highest BCUT2D eigenvalue weighted by molar-refractivity contribution is 6.09. The molecule has 2 aliphatic rings. The topological polar surface area (TPSA) is 57.6 Å². The summed E-state index contributed by atoms with van der Waals surface area (Å²) in [5, 5.41) is 11.4. The molecule has 0 bridgehead atoms. The van der Waals surface area contributed by atoms with Gasteiger partial charge in [-0.1, -0.05) is 78.9 Å². The number of rotatable bonds is 4. The van der Waals surface area contributed by atoms with E-state index in [-0.39, 0.29) is 11.8 Å². The summed E-state index contributed by atoms with van der Waals surface area (Å²) in [6.45, 7) is 0.429. The van der Waals surface area contributed by atoms with Gasteiger partial charge in [0.25, 0.3) is 0 Å². The van der Waals surface area contributed by atoms with Crippen molar-refractivity contribution in [2.75, 3.05) is 4.90 Å². The molecular weight excluding hydrogens is 386 g/mol. The average Bonchev–Trinajstić information content (AvgIpc) is 3.06. The molecule has 4 atom stereocenters. The van der Waals surface area contributed by atoms with Crippen molar-refractivity contribution in [3.63, 3.8) is 0 Å². The molecule has 0 unspecified atom stereocenters. The van der Waals surface area contributed by atoms with Gasteiger partial charge in [-0.2, -0.15) is 0 Å². The first kappa shape index (κ1) is 19.7. The number of aliphatic hydroxyl groups is 1. The predicted molar refractivity (Wildman–Crippen MR) is 120 cm³/mol. The lowest BCUT2D eigenvalue weighted by molar-refractivity contribution is -0.133. The summed E-state index contributed by atoms with van der Waals surface area (Å²) in [6, 6.07) is 27.3. The quantitative estimate of drug-likeness (QED) is 0.654. The van der Waals surface area contributed by atoms with Gasteiger partial charge >= 0.3 is 0 Å². The Bertz CT molecular complexity index is 1100. The minimum absolute atomic E-state index is 0.120. The second-order valence-electron chi connectivity index (χ2n) is 8.54. The molecule has 1 aliphatic heterocycles. The number of benzene rings is 3. The molecule has 156 valence electrons. The maximum absolute atomic E-state index is 14.2. The molecule has 5 rings (SSSR count). The summed E-state index contributed by atoms with van der Waals surface area (Å²) >= 11 is 0. The number of carbonyl (C=O) groups excluding carboxylic acids is 2. The van der Waals surface area contributed by atoms with Gasteiger partial charge in [0.15, 0.2) is 0 Å². The van der Waals surface area contributed by atoms with E-state index in [4.69, 9.17) is 0 Å². The van der Waals surface area contributed by atoms with Crippen LogP contribution >= 0.6 is 0 Å². The molecule has 0 radical (unpaired) electrons. The maximum atomic E-state index is 14.2. The number of anilines is 1. The van der Waals surface area contributed by atoms with Crippen molar-refractivity contribution < 1.29 is 14.7 Å². The van der Waals surface area contributed by atoms with E-state index < -0.39 is 17.4 Å². The number of nitrogens with zero attached hydrogens (tertiary/aromatic N) is 1. The van der Waals surface area contributed by atoms with Crippen LogP contribution in [0, 0.1) is 5.92 Å². The molecule has 1 aliphatic carbocycles. The summed E-state index contributed by atoms with van der Waals surface area (Å²) in [5.41, 5.74) is 2.42. The van der Waals surface area contributed by atoms with Crippen molar-refractivity contribution in [2.24, 2.45) is 5.92 Å². The van der Waals surface area contributed by atoms with Crippen molar-refractivity contribution in [2.45, 2.75) is 36.8 Å². The number of hydrogen-bond acceptors (Lipinski definition) is 3. The molecule has 3 aromatic rings. The Balaban J connectivity index is 1.71. The van der Waals surface area contributed by atoms with E-state index in [2.05, 4.69) is 0 Å². The van der Waals surface area contributed by atoms with Crippen molar-refractivity contribution in [1.82, 2.24) is 0 Å². The number of hydrogen-bond donors (Lipinski definition) is 1. The molecule has 4 nitrogen and oxygen atoms in total. The fraction of sp³-hybridized carbons (Fsp3) is 0.259. The smallest absolute Gasteiger partial charge is 0.241 e. The van der Waals surface area contributed by atoms with E-state index in [0.29, 0.717) is 19.4 Å². The Morgan fingerprint density at radius 3 is 2.26 bits per heavy atom. The minimum atomic E-state index is -1.17. The lowest BCUT2D eigenvalue weighted by atomic mass is 9.56. The third kappa shape index (κ3) is 2.94. The summed E-state index contributed by atoms with van der Waals surface area (Å²) < 4.78 is 0. The van der Waals surface area contributed by atoms with Gasteiger partial charge < -0.3 is 14.8 Å². The Morgan fingerprint density at radius 1 is 0.903 bits per heavy atom. The Hall–Kier alpha value is -3.24. The minimum Gasteiger partial charge on any atom is -0.392 e. The first-order valence-corrected chi connectivity index (χ1v) is 10.8. The van der Waals surface area contributed by atoms with Gasteiger partial charge in [0.05, 0.1) is 12.6 Å². The third-order valence-corrected chi connectivity index (χ3v) is 6.97. The van der Waals surface area contributed by atoms with Crippen LogP contribution < -0.4 is 4.90 Å². The zero-order chi connectivity index (χ0) is 21.4. The summed E-state index contributed by atoms with van der Waals surface area (Å²) in [6.07, 6.45) is 1.11. The van der Waals surface area contributed by atoms with Crippen LogP contribution in [-0.4, -0.2) is 23.4 Å². The van der Waals surface area contributed by atoms with Crippen LogP contribution in [-0.2, 0) is 21.5 Å². The molecule has 0 saturated heterocycles. The Labute approximate surface area is 182 Å². The van der Waals surface area contributed by atoms with Crippen LogP contribution in [0.2, 0.25) is 0 Å². The van der Waals surface area contributed by atoms with Gasteiger partial charge in [0.1, 0.15) is 11.7 Å². The van der Waals surface area contributed by atoms with Crippen molar-refractivity contribution in [1.29, 1.82) is 0 Å². The predicted octanol–water partition coefficient (Wildman–Crippen LogP) is 4.22. The molecule has 1 saturated carbocycles. The largest absolute Gasteiger partial charge is 0.392 e. The summed E-state index contributed by atoms with van der Waals surface area (Å²) in [5.74, 6) is -0.866. The van der Waals surface area contributed by atoms with Gasteiger partial charge in [-0.15, -0.1) is 0 Å². The summed E-state index contributed by atoms with van der Waals surface area (Å²) in [7, 11) is 0. The van der Waals surface area contributed by atoms with Crippen LogP contribution in [0.15, 0.2) is 84.9 Å². The van der Waals surface area contributed by atoms with Gasteiger partial charge in [-0.3, -0.25) is 4.79 Å². The molecule has 1 spiro atoms. The Morgan fingerprint density at radius 2 is 1.55 bits per heavy atom. The fourth-order valence-electron chi connectivity index (χ4n) is 5.66. The normalized spacial score (nSPS) is 27.3. The second-order valence-corrected chi connectivity index (χ2v) is 8.54. The second kappa shape index (κ2) is 7.78. The first-order chi connectivity index (χ1) is 15.2. The number of carbonyl (C=O) groups is 2. The zero-order valence-electron chi connectivity index (χ0n) is 17.2. The van der Waals surface area contributed by atoms with Crippen molar-refractivity contribution in [3.05, 3.63) is 102 Å². The number of para-hydroxylation sites is 1. The van der Waals surface area contributed by atoms with Gasteiger partial charge in [-0.05, 0) is 35.6 Å². The van der Waals surface area contributed by atoms with Crippen LogP contribution in [0.5, 0.6) is 0 Å². The van der Waals surface area contributed by atoms with E-state index >= 15 is 0 Å². The zero-order valence-corrected chi connectivity index (χ0v) is 17.2. The standard InChI is InChI=1S/C27H25NO3/c29-18-21-15-16-24(30)27(25(21)20-11-5-2-6-12-20)22-13-7-8-14-23(22)28(26(27)31)17-19-9-3-1-4-10-19/h1-14,18,21,24-25,30H,15-17H2/t21-,24+,25+,27-/m1/s1. The van der Waals surface area contributed by atoms with Crippen LogP contribution in [0.25, 0.3) is 0 Å². The maximum Gasteiger partial charge on any atom is 0.241 e. The highest BCUT2D eigenvalue weighted by atomic mass is 16.3. The molecule has 1 amide bonds. The molecule has 1 N–H and O–H groups in total. The number of aliphatic hydroxyl groups excluding tert-OH is 1. The van der Waals surface area contributed by atoms with E-state index in [1.165, 1.54) is 0 Å². The van der Waals surface area contributed by atoms with E-state index in [9.17, 15) is 14.7 Å². The molecule has 1 heterocycles. The molecule has 1 fully saturated rings. The highest BCUT2D eigenvalue weighted by Crippen LogP contribution is 2.58. The Kier molecular flexibility index (Phi) is 4.95. The van der Waals surface area contributed by atoms with Crippen molar-refractivity contribution in [3.8, 4) is 0 Å². The molecule has 31 heavy (non-hydrogen) atoms. The SMILES string of the molecule is O=C[C@H]1CC[C@H](O)[C@@]2(C(=O)N(Cc3ccccc3)c3ccccc32)[C@H]1c1ccccc1.